The van der Waals surface area contributed by atoms with Crippen LogP contribution >= 0.6 is 23.2 Å². The number of amides is 1. The molecule has 8 heteroatoms. The lowest BCUT2D eigenvalue weighted by Crippen LogP contribution is -2.29. The van der Waals surface area contributed by atoms with Crippen LogP contribution in [-0.4, -0.2) is 34.7 Å². The highest BCUT2D eigenvalue weighted by atomic mass is 35.5. The molecule has 2 heterocycles. The third kappa shape index (κ3) is 4.91. The van der Waals surface area contributed by atoms with Gasteiger partial charge in [-0.25, -0.2) is 0 Å². The van der Waals surface area contributed by atoms with Gasteiger partial charge in [0.1, 0.15) is 5.69 Å². The molecule has 1 aromatic heterocycles. The van der Waals surface area contributed by atoms with Gasteiger partial charge in [-0.3, -0.25) is 9.89 Å². The van der Waals surface area contributed by atoms with Crippen LogP contribution in [0.3, 0.4) is 0 Å². The Balaban J connectivity index is 1.61. The Morgan fingerprint density at radius 1 is 1.03 bits per heavy atom. The van der Waals surface area contributed by atoms with Gasteiger partial charge in [-0.2, -0.15) is 5.10 Å². The molecule has 1 aliphatic heterocycles. The lowest BCUT2D eigenvalue weighted by molar-refractivity contribution is 0.0730. The fraction of sp³-hybridized carbons (Fsp3) is 0.241. The molecule has 0 aliphatic carbocycles. The molecule has 1 aliphatic rings. The van der Waals surface area contributed by atoms with Gasteiger partial charge in [0.05, 0.1) is 25.5 Å². The van der Waals surface area contributed by atoms with Crippen molar-refractivity contribution < 1.29 is 14.3 Å². The largest absolute Gasteiger partial charge is 0.493 e. The lowest BCUT2D eigenvalue weighted by atomic mass is 9.95. The van der Waals surface area contributed by atoms with Crippen molar-refractivity contribution in [2.75, 3.05) is 13.7 Å². The number of nitrogens with one attached hydrogen (secondary N) is 1. The van der Waals surface area contributed by atoms with Gasteiger partial charge < -0.3 is 14.4 Å². The summed E-state index contributed by atoms with van der Waals surface area (Å²) in [4.78, 5) is 15.5. The Hall–Kier alpha value is -3.48. The Kier molecular flexibility index (Phi) is 7.40. The van der Waals surface area contributed by atoms with Gasteiger partial charge in [0.15, 0.2) is 11.5 Å². The number of halogens is 2. The third-order valence-corrected chi connectivity index (χ3v) is 7.16. The highest BCUT2D eigenvalue weighted by molar-refractivity contribution is 6.31. The van der Waals surface area contributed by atoms with Gasteiger partial charge in [0.2, 0.25) is 0 Å². The number of hydrogen-bond donors (Lipinski definition) is 1. The zero-order valence-corrected chi connectivity index (χ0v) is 22.1. The van der Waals surface area contributed by atoms with Gasteiger partial charge in [0.25, 0.3) is 5.91 Å². The summed E-state index contributed by atoms with van der Waals surface area (Å²) in [6.07, 6.45) is 1.99. The maximum Gasteiger partial charge on any atom is 0.273 e. The predicted molar refractivity (Wildman–Crippen MR) is 146 cm³/mol. The van der Waals surface area contributed by atoms with Crippen molar-refractivity contribution in [3.05, 3.63) is 99.2 Å². The summed E-state index contributed by atoms with van der Waals surface area (Å²) in [6.45, 7) is 3.07. The molecule has 1 amide bonds. The smallest absolute Gasteiger partial charge is 0.273 e. The maximum absolute atomic E-state index is 13.7. The van der Waals surface area contributed by atoms with Crippen molar-refractivity contribution in [3.63, 3.8) is 0 Å². The fourth-order valence-electron chi connectivity index (χ4n) is 4.64. The van der Waals surface area contributed by atoms with Crippen molar-refractivity contribution in [2.45, 2.75) is 32.4 Å². The summed E-state index contributed by atoms with van der Waals surface area (Å²) in [6, 6.07) is 20.4. The van der Waals surface area contributed by atoms with E-state index in [9.17, 15) is 4.79 Å². The SMILES string of the molecule is CCCCOc1ccc(C2c3c(-c4ccc(Cl)cc4)n[nH]c3C(=O)N2Cc2ccccc2Cl)cc1OC. The third-order valence-electron chi connectivity index (χ3n) is 6.54. The van der Waals surface area contributed by atoms with Crippen LogP contribution in [-0.2, 0) is 6.54 Å². The zero-order valence-electron chi connectivity index (χ0n) is 20.6. The first-order chi connectivity index (χ1) is 18.0. The van der Waals surface area contributed by atoms with Crippen LogP contribution in [0.2, 0.25) is 10.0 Å². The quantitative estimate of drug-likeness (QED) is 0.228. The second-order valence-corrected chi connectivity index (χ2v) is 9.75. The van der Waals surface area contributed by atoms with Crippen molar-refractivity contribution in [1.82, 2.24) is 15.1 Å². The van der Waals surface area contributed by atoms with E-state index in [1.807, 2.05) is 71.6 Å². The number of fused-ring (bicyclic) bond motifs is 1. The number of H-pyrrole nitrogens is 1. The van der Waals surface area contributed by atoms with Crippen LogP contribution in [0.5, 0.6) is 11.5 Å². The summed E-state index contributed by atoms with van der Waals surface area (Å²) in [5.41, 5.74) is 4.58. The number of carbonyl (C=O) groups is 1. The summed E-state index contributed by atoms with van der Waals surface area (Å²) >= 11 is 12.6. The molecule has 0 spiro atoms. The standard InChI is InChI=1S/C29H27Cl2N3O3/c1-3-4-15-37-23-14-11-19(16-24(23)36-2)28-25-26(18-9-12-21(30)13-10-18)32-33-27(25)29(35)34(28)17-20-7-5-6-8-22(20)31/h5-14,16,28H,3-4,15,17H2,1-2H3,(H,32,33). The van der Waals surface area contributed by atoms with Crippen LogP contribution in [0.15, 0.2) is 66.7 Å². The fourth-order valence-corrected chi connectivity index (χ4v) is 4.97. The summed E-state index contributed by atoms with van der Waals surface area (Å²) in [5.74, 6) is 1.14. The minimum Gasteiger partial charge on any atom is -0.493 e. The highest BCUT2D eigenvalue weighted by Gasteiger charge is 2.42. The van der Waals surface area contributed by atoms with E-state index in [1.165, 1.54) is 0 Å². The molecular weight excluding hydrogens is 509 g/mol. The number of aromatic amines is 1. The topological polar surface area (TPSA) is 67.5 Å². The number of benzene rings is 3. The first-order valence-electron chi connectivity index (χ1n) is 12.2. The van der Waals surface area contributed by atoms with Crippen LogP contribution < -0.4 is 9.47 Å². The number of rotatable bonds is 9. The minimum absolute atomic E-state index is 0.144. The highest BCUT2D eigenvalue weighted by Crippen LogP contribution is 2.45. The average Bonchev–Trinajstić information content (AvgIpc) is 3.45. The van der Waals surface area contributed by atoms with E-state index in [-0.39, 0.29) is 5.91 Å². The van der Waals surface area contributed by atoms with E-state index in [0.717, 1.165) is 35.1 Å². The van der Waals surface area contributed by atoms with Gasteiger partial charge in [0, 0.05) is 27.7 Å². The number of carbonyl (C=O) groups excluding carboxylic acids is 1. The van der Waals surface area contributed by atoms with Gasteiger partial charge in [-0.05, 0) is 47.9 Å². The predicted octanol–water partition coefficient (Wildman–Crippen LogP) is 7.32. The lowest BCUT2D eigenvalue weighted by Gasteiger charge is -2.27. The molecule has 1 unspecified atom stereocenters. The number of methoxy groups -OCH3 is 1. The van der Waals surface area contributed by atoms with Crippen LogP contribution in [0.4, 0.5) is 0 Å². The van der Waals surface area contributed by atoms with Crippen molar-refractivity contribution in [1.29, 1.82) is 0 Å². The molecule has 1 N–H and O–H groups in total. The molecule has 37 heavy (non-hydrogen) atoms. The Bertz CT molecular complexity index is 1420. The number of unbranched alkanes of at least 4 members (excludes halogenated alkanes) is 1. The van der Waals surface area contributed by atoms with Crippen LogP contribution in [0.25, 0.3) is 11.3 Å². The Labute approximate surface area is 226 Å². The van der Waals surface area contributed by atoms with Crippen LogP contribution in [0, 0.1) is 0 Å². The first kappa shape index (κ1) is 25.2. The molecule has 0 fully saturated rings. The van der Waals surface area contributed by atoms with Gasteiger partial charge >= 0.3 is 0 Å². The van der Waals surface area contributed by atoms with E-state index in [0.29, 0.717) is 46.1 Å². The van der Waals surface area contributed by atoms with Gasteiger partial charge in [-0.1, -0.05) is 72.9 Å². The minimum atomic E-state index is -0.415. The average molecular weight is 536 g/mol. The Morgan fingerprint density at radius 2 is 1.81 bits per heavy atom. The first-order valence-corrected chi connectivity index (χ1v) is 13.0. The zero-order chi connectivity index (χ0) is 25.9. The molecule has 3 aromatic carbocycles. The van der Waals surface area contributed by atoms with E-state index < -0.39 is 6.04 Å². The summed E-state index contributed by atoms with van der Waals surface area (Å²) < 4.78 is 11.6. The maximum atomic E-state index is 13.7. The van der Waals surface area contributed by atoms with Crippen molar-refractivity contribution >= 4 is 29.1 Å². The summed E-state index contributed by atoms with van der Waals surface area (Å²) in [7, 11) is 1.62. The van der Waals surface area contributed by atoms with Gasteiger partial charge in [-0.15, -0.1) is 0 Å². The van der Waals surface area contributed by atoms with Crippen molar-refractivity contribution in [2.24, 2.45) is 0 Å². The van der Waals surface area contributed by atoms with E-state index >= 15 is 0 Å². The molecule has 6 nitrogen and oxygen atoms in total. The van der Waals surface area contributed by atoms with Crippen molar-refractivity contribution in [3.8, 4) is 22.8 Å². The number of ether oxygens (including phenoxy) is 2. The molecule has 5 rings (SSSR count). The molecule has 0 bridgehead atoms. The Morgan fingerprint density at radius 3 is 2.54 bits per heavy atom. The molecule has 190 valence electrons. The molecule has 1 atom stereocenters. The number of nitrogens with zero attached hydrogens (tertiary/aromatic N) is 2. The monoisotopic (exact) mass is 535 g/mol. The molecular formula is C29H27Cl2N3O3. The van der Waals surface area contributed by atoms with E-state index in [4.69, 9.17) is 32.7 Å². The molecule has 4 aromatic rings. The summed E-state index contributed by atoms with van der Waals surface area (Å²) in [5, 5.41) is 8.77. The number of aromatic nitrogens is 2. The number of hydrogen-bond acceptors (Lipinski definition) is 4. The van der Waals surface area contributed by atoms with E-state index in [1.54, 1.807) is 7.11 Å². The van der Waals surface area contributed by atoms with E-state index in [2.05, 4.69) is 17.1 Å². The molecule has 0 saturated carbocycles. The molecule has 0 saturated heterocycles. The normalized spacial score (nSPS) is 14.6. The van der Waals surface area contributed by atoms with Crippen LogP contribution in [0.1, 0.15) is 53.0 Å². The molecule has 0 radical (unpaired) electrons. The second kappa shape index (κ2) is 10.9. The second-order valence-electron chi connectivity index (χ2n) is 8.91.